The van der Waals surface area contributed by atoms with Gasteiger partial charge < -0.3 is 10.2 Å². The van der Waals surface area contributed by atoms with Crippen LogP contribution in [0.5, 0.6) is 0 Å². The molecule has 0 amide bonds. The molecule has 1 aromatic carbocycles. The maximum Gasteiger partial charge on any atom is 0.357 e. The molecule has 6 nitrogen and oxygen atoms in total. The Kier molecular flexibility index (Phi) is 3.15. The lowest BCUT2D eigenvalue weighted by atomic mass is 10.1. The van der Waals surface area contributed by atoms with Gasteiger partial charge in [0.05, 0.1) is 12.1 Å². The Morgan fingerprint density at radius 2 is 2.10 bits per heavy atom. The molecule has 3 rings (SSSR count). The number of rotatable bonds is 3. The Bertz CT molecular complexity index is 839. The van der Waals surface area contributed by atoms with Crippen molar-refractivity contribution in [2.45, 2.75) is 13.5 Å². The SMILES string of the molecule is Cc1ccnc(-n2nc(C(=O)O)c3cc(CO)ccc32)c1. The predicted octanol–water partition coefficient (Wildman–Crippen LogP) is 1.92. The van der Waals surface area contributed by atoms with Gasteiger partial charge in [-0.1, -0.05) is 6.07 Å². The molecule has 0 fully saturated rings. The molecule has 21 heavy (non-hydrogen) atoms. The number of pyridine rings is 1. The zero-order chi connectivity index (χ0) is 15.0. The second-order valence-corrected chi connectivity index (χ2v) is 4.77. The topological polar surface area (TPSA) is 88.2 Å². The fourth-order valence-corrected chi connectivity index (χ4v) is 2.23. The standard InChI is InChI=1S/C15H13N3O3/c1-9-4-5-16-13(6-9)18-12-3-2-10(8-19)7-11(12)14(17-18)15(20)21/h2-7,19H,8H2,1H3,(H,20,21). The van der Waals surface area contributed by atoms with Crippen molar-refractivity contribution in [2.24, 2.45) is 0 Å². The molecule has 0 spiro atoms. The summed E-state index contributed by atoms with van der Waals surface area (Å²) < 4.78 is 1.51. The second-order valence-electron chi connectivity index (χ2n) is 4.77. The molecular formula is C15H13N3O3. The van der Waals surface area contributed by atoms with E-state index in [1.54, 1.807) is 24.4 Å². The van der Waals surface area contributed by atoms with Crippen LogP contribution in [0.2, 0.25) is 0 Å². The molecule has 106 valence electrons. The van der Waals surface area contributed by atoms with Crippen LogP contribution in [0.15, 0.2) is 36.5 Å². The molecule has 0 bridgehead atoms. The van der Waals surface area contributed by atoms with Crippen LogP contribution in [0.4, 0.5) is 0 Å². The first-order valence-electron chi connectivity index (χ1n) is 6.39. The van der Waals surface area contributed by atoms with Crippen molar-refractivity contribution in [3.05, 3.63) is 53.3 Å². The van der Waals surface area contributed by atoms with E-state index in [1.165, 1.54) is 4.68 Å². The third kappa shape index (κ3) is 2.25. The van der Waals surface area contributed by atoms with Gasteiger partial charge in [-0.2, -0.15) is 5.10 Å². The van der Waals surface area contributed by atoms with Gasteiger partial charge >= 0.3 is 5.97 Å². The molecular weight excluding hydrogens is 270 g/mol. The zero-order valence-corrected chi connectivity index (χ0v) is 11.3. The number of carbonyl (C=O) groups is 1. The number of hydrogen-bond donors (Lipinski definition) is 2. The summed E-state index contributed by atoms with van der Waals surface area (Å²) in [6.45, 7) is 1.78. The van der Waals surface area contributed by atoms with Crippen molar-refractivity contribution in [1.82, 2.24) is 14.8 Å². The number of carboxylic acids is 1. The molecule has 0 radical (unpaired) electrons. The Morgan fingerprint density at radius 1 is 1.29 bits per heavy atom. The van der Waals surface area contributed by atoms with Crippen LogP contribution < -0.4 is 0 Å². The van der Waals surface area contributed by atoms with Gasteiger partial charge in [0.2, 0.25) is 0 Å². The molecule has 2 N–H and O–H groups in total. The fourth-order valence-electron chi connectivity index (χ4n) is 2.23. The first-order chi connectivity index (χ1) is 10.1. The van der Waals surface area contributed by atoms with Gasteiger partial charge in [0.1, 0.15) is 0 Å². The highest BCUT2D eigenvalue weighted by Crippen LogP contribution is 2.23. The number of nitrogens with zero attached hydrogens (tertiary/aromatic N) is 3. The Labute approximate surface area is 120 Å². The fraction of sp³-hybridized carbons (Fsp3) is 0.133. The van der Waals surface area contributed by atoms with E-state index in [1.807, 2.05) is 19.1 Å². The molecule has 0 unspecified atom stereocenters. The number of aromatic nitrogens is 3. The van der Waals surface area contributed by atoms with Gasteiger partial charge in [0.15, 0.2) is 11.5 Å². The van der Waals surface area contributed by atoms with Crippen molar-refractivity contribution >= 4 is 16.9 Å². The zero-order valence-electron chi connectivity index (χ0n) is 11.3. The number of hydrogen-bond acceptors (Lipinski definition) is 4. The Morgan fingerprint density at radius 3 is 2.76 bits per heavy atom. The first kappa shape index (κ1) is 13.3. The summed E-state index contributed by atoms with van der Waals surface area (Å²) in [7, 11) is 0. The van der Waals surface area contributed by atoms with Gasteiger partial charge in [-0.3, -0.25) is 0 Å². The van der Waals surface area contributed by atoms with Gasteiger partial charge in [0, 0.05) is 11.6 Å². The van der Waals surface area contributed by atoms with E-state index in [0.29, 0.717) is 22.3 Å². The lowest BCUT2D eigenvalue weighted by molar-refractivity contribution is 0.0692. The van der Waals surface area contributed by atoms with Gasteiger partial charge in [-0.05, 0) is 42.3 Å². The van der Waals surface area contributed by atoms with Gasteiger partial charge in [-0.25, -0.2) is 14.5 Å². The molecule has 0 atom stereocenters. The second kappa shape index (κ2) is 4.99. The Hall–Kier alpha value is -2.73. The van der Waals surface area contributed by atoms with E-state index in [2.05, 4.69) is 10.1 Å². The minimum absolute atomic E-state index is 0.0522. The maximum atomic E-state index is 11.4. The number of carboxylic acid groups (broad SMARTS) is 1. The minimum atomic E-state index is -1.11. The monoisotopic (exact) mass is 283 g/mol. The van der Waals surface area contributed by atoms with Crippen molar-refractivity contribution in [1.29, 1.82) is 0 Å². The summed E-state index contributed by atoms with van der Waals surface area (Å²) in [4.78, 5) is 15.6. The van der Waals surface area contributed by atoms with Gasteiger partial charge in [-0.15, -0.1) is 0 Å². The largest absolute Gasteiger partial charge is 0.476 e. The molecule has 3 aromatic rings. The average molecular weight is 283 g/mol. The summed E-state index contributed by atoms with van der Waals surface area (Å²) in [5, 5.41) is 23.1. The van der Waals surface area contributed by atoms with Crippen LogP contribution >= 0.6 is 0 Å². The van der Waals surface area contributed by atoms with E-state index in [4.69, 9.17) is 0 Å². The van der Waals surface area contributed by atoms with E-state index in [0.717, 1.165) is 5.56 Å². The highest BCUT2D eigenvalue weighted by atomic mass is 16.4. The molecule has 0 saturated heterocycles. The summed E-state index contributed by atoms with van der Waals surface area (Å²) >= 11 is 0. The first-order valence-corrected chi connectivity index (χ1v) is 6.39. The van der Waals surface area contributed by atoms with Crippen LogP contribution in [0.1, 0.15) is 21.6 Å². The highest BCUT2D eigenvalue weighted by molar-refractivity contribution is 6.01. The molecule has 0 aliphatic rings. The number of aryl methyl sites for hydroxylation is 1. The van der Waals surface area contributed by atoms with Gasteiger partial charge in [0.25, 0.3) is 0 Å². The quantitative estimate of drug-likeness (QED) is 0.766. The number of aliphatic hydroxyl groups excluding tert-OH is 1. The summed E-state index contributed by atoms with van der Waals surface area (Å²) in [6, 6.07) is 8.81. The maximum absolute atomic E-state index is 11.4. The third-order valence-electron chi connectivity index (χ3n) is 3.25. The van der Waals surface area contributed by atoms with E-state index >= 15 is 0 Å². The number of fused-ring (bicyclic) bond motifs is 1. The third-order valence-corrected chi connectivity index (χ3v) is 3.25. The van der Waals surface area contributed by atoms with Crippen molar-refractivity contribution in [2.75, 3.05) is 0 Å². The number of aromatic carboxylic acids is 1. The molecule has 0 aliphatic carbocycles. The lowest BCUT2D eigenvalue weighted by Gasteiger charge is -2.03. The summed E-state index contributed by atoms with van der Waals surface area (Å²) in [5.41, 5.74) is 2.24. The van der Waals surface area contributed by atoms with Crippen LogP contribution in [0.3, 0.4) is 0 Å². The number of benzene rings is 1. The van der Waals surface area contributed by atoms with Crippen molar-refractivity contribution < 1.29 is 15.0 Å². The van der Waals surface area contributed by atoms with Crippen LogP contribution in [0, 0.1) is 6.92 Å². The smallest absolute Gasteiger partial charge is 0.357 e. The number of aliphatic hydroxyl groups is 1. The molecule has 0 saturated carbocycles. The lowest BCUT2D eigenvalue weighted by Crippen LogP contribution is -2.03. The van der Waals surface area contributed by atoms with E-state index < -0.39 is 5.97 Å². The molecule has 6 heteroatoms. The highest BCUT2D eigenvalue weighted by Gasteiger charge is 2.18. The predicted molar refractivity (Wildman–Crippen MR) is 76.5 cm³/mol. The minimum Gasteiger partial charge on any atom is -0.476 e. The van der Waals surface area contributed by atoms with Crippen LogP contribution in [0.25, 0.3) is 16.7 Å². The average Bonchev–Trinajstić information content (AvgIpc) is 2.86. The molecule has 0 aliphatic heterocycles. The van der Waals surface area contributed by atoms with Crippen LogP contribution in [-0.4, -0.2) is 30.9 Å². The molecule has 2 heterocycles. The Balaban J connectivity index is 2.31. The van der Waals surface area contributed by atoms with Crippen molar-refractivity contribution in [3.8, 4) is 5.82 Å². The van der Waals surface area contributed by atoms with Crippen LogP contribution in [-0.2, 0) is 6.61 Å². The van der Waals surface area contributed by atoms with E-state index in [9.17, 15) is 15.0 Å². The van der Waals surface area contributed by atoms with E-state index in [-0.39, 0.29) is 12.3 Å². The normalized spacial score (nSPS) is 11.0. The van der Waals surface area contributed by atoms with Crippen molar-refractivity contribution in [3.63, 3.8) is 0 Å². The summed E-state index contributed by atoms with van der Waals surface area (Å²) in [6.07, 6.45) is 1.65. The molecule has 2 aromatic heterocycles. The summed E-state index contributed by atoms with van der Waals surface area (Å²) in [5.74, 6) is -0.550.